The van der Waals surface area contributed by atoms with Gasteiger partial charge in [-0.15, -0.1) is 0 Å². The van der Waals surface area contributed by atoms with Gasteiger partial charge in [-0.3, -0.25) is 0 Å². The Labute approximate surface area is 188 Å². The number of carbonyl (C=O) groups excluding carboxylic acids is 1. The van der Waals surface area contributed by atoms with Crippen molar-refractivity contribution in [2.24, 2.45) is 5.92 Å². The molecular formula is C24H31N3O5. The van der Waals surface area contributed by atoms with E-state index in [1.807, 2.05) is 45.0 Å². The highest BCUT2D eigenvalue weighted by molar-refractivity contribution is 5.83. The van der Waals surface area contributed by atoms with E-state index in [0.717, 1.165) is 11.1 Å². The van der Waals surface area contributed by atoms with Crippen LogP contribution in [0.2, 0.25) is 0 Å². The molecule has 0 spiro atoms. The number of ether oxygens (including phenoxy) is 1. The number of carboxylic acid groups (broad SMARTS) is 1. The maximum Gasteiger partial charge on any atom is 0.410 e. The lowest BCUT2D eigenvalue weighted by molar-refractivity contribution is -0.119. The number of rotatable bonds is 7. The van der Waals surface area contributed by atoms with Crippen LogP contribution in [0, 0.1) is 5.92 Å². The van der Waals surface area contributed by atoms with Crippen molar-refractivity contribution in [3.63, 3.8) is 0 Å². The Morgan fingerprint density at radius 1 is 1.16 bits per heavy atom. The quantitative estimate of drug-likeness (QED) is 0.658. The molecule has 1 aliphatic heterocycles. The molecule has 1 saturated heterocycles. The van der Waals surface area contributed by atoms with E-state index in [1.165, 1.54) is 12.4 Å². The number of amides is 1. The van der Waals surface area contributed by atoms with Gasteiger partial charge in [0.1, 0.15) is 5.60 Å². The van der Waals surface area contributed by atoms with Gasteiger partial charge in [0, 0.05) is 37.3 Å². The fraction of sp³-hybridized carbons (Fsp3) is 0.500. The zero-order valence-electron chi connectivity index (χ0n) is 19.2. The molecule has 2 atom stereocenters. The molecule has 8 heteroatoms. The molecule has 1 aromatic heterocycles. The Morgan fingerprint density at radius 3 is 2.22 bits per heavy atom. The highest BCUT2D eigenvalue weighted by Gasteiger charge is 2.47. The van der Waals surface area contributed by atoms with E-state index >= 15 is 0 Å². The van der Waals surface area contributed by atoms with Crippen LogP contribution in [0.4, 0.5) is 4.79 Å². The van der Waals surface area contributed by atoms with E-state index in [9.17, 15) is 14.7 Å². The summed E-state index contributed by atoms with van der Waals surface area (Å²) in [5.41, 5.74) is 0.897. The van der Waals surface area contributed by atoms with Gasteiger partial charge in [0.25, 0.3) is 0 Å². The summed E-state index contributed by atoms with van der Waals surface area (Å²) in [4.78, 5) is 33.3. The molecule has 0 radical (unpaired) electrons. The molecule has 2 aromatic rings. The summed E-state index contributed by atoms with van der Waals surface area (Å²) in [7, 11) is 0. The van der Waals surface area contributed by atoms with Gasteiger partial charge in [-0.1, -0.05) is 38.1 Å². The third kappa shape index (κ3) is 5.07. The smallest absolute Gasteiger partial charge is 0.410 e. The molecular weight excluding hydrogens is 410 g/mol. The maximum atomic E-state index is 12.9. The van der Waals surface area contributed by atoms with Gasteiger partial charge < -0.3 is 19.8 Å². The largest absolute Gasteiger partial charge is 0.475 e. The van der Waals surface area contributed by atoms with Crippen LogP contribution in [0.25, 0.3) is 11.1 Å². The average molecular weight is 442 g/mol. The molecule has 1 aliphatic rings. The molecule has 8 nitrogen and oxygen atoms in total. The summed E-state index contributed by atoms with van der Waals surface area (Å²) < 4.78 is 5.95. The van der Waals surface area contributed by atoms with Crippen molar-refractivity contribution in [2.75, 3.05) is 6.54 Å². The molecule has 2 N–H and O–H groups in total. The van der Waals surface area contributed by atoms with Gasteiger partial charge in [0.2, 0.25) is 5.82 Å². The Morgan fingerprint density at radius 2 is 1.75 bits per heavy atom. The van der Waals surface area contributed by atoms with Gasteiger partial charge in [-0.05, 0) is 37.8 Å². The van der Waals surface area contributed by atoms with Crippen LogP contribution in [0.1, 0.15) is 69.7 Å². The lowest BCUT2D eigenvalue weighted by Gasteiger charge is -2.47. The molecule has 3 rings (SSSR count). The third-order valence-corrected chi connectivity index (χ3v) is 6.12. The summed E-state index contributed by atoms with van der Waals surface area (Å²) in [5, 5.41) is 19.3. The van der Waals surface area contributed by atoms with Crippen LogP contribution in [-0.2, 0) is 4.74 Å². The molecule has 0 unspecified atom stereocenters. The van der Waals surface area contributed by atoms with Gasteiger partial charge in [-0.25, -0.2) is 19.6 Å². The number of hydrogen-bond donors (Lipinski definition) is 2. The van der Waals surface area contributed by atoms with Crippen LogP contribution in [0.15, 0.2) is 36.7 Å². The summed E-state index contributed by atoms with van der Waals surface area (Å²) in [6.45, 7) is 10.0. The topological polar surface area (TPSA) is 113 Å². The van der Waals surface area contributed by atoms with Crippen molar-refractivity contribution in [1.82, 2.24) is 14.9 Å². The Kier molecular flexibility index (Phi) is 6.55. The summed E-state index contributed by atoms with van der Waals surface area (Å²) in [6, 6.07) is 7.47. The van der Waals surface area contributed by atoms with E-state index in [2.05, 4.69) is 9.97 Å². The van der Waals surface area contributed by atoms with Crippen molar-refractivity contribution in [3.05, 3.63) is 48.0 Å². The van der Waals surface area contributed by atoms with Gasteiger partial charge in [0.15, 0.2) is 0 Å². The van der Waals surface area contributed by atoms with Crippen molar-refractivity contribution in [2.45, 2.75) is 64.7 Å². The number of cyclic esters (lactones) is 1. The molecule has 0 saturated carbocycles. The fourth-order valence-corrected chi connectivity index (χ4v) is 4.23. The average Bonchev–Trinajstić information content (AvgIpc) is 2.72. The van der Waals surface area contributed by atoms with Crippen molar-refractivity contribution < 1.29 is 24.5 Å². The number of aliphatic hydroxyl groups is 1. The van der Waals surface area contributed by atoms with Crippen LogP contribution in [-0.4, -0.2) is 54.9 Å². The zero-order chi connectivity index (χ0) is 23.7. The lowest BCUT2D eigenvalue weighted by Crippen LogP contribution is -2.55. The van der Waals surface area contributed by atoms with E-state index in [1.54, 1.807) is 18.7 Å². The van der Waals surface area contributed by atoms with Crippen LogP contribution < -0.4 is 0 Å². The second-order valence-corrected chi connectivity index (χ2v) is 9.42. The number of benzene rings is 1. The first kappa shape index (κ1) is 23.7. The van der Waals surface area contributed by atoms with E-state index in [0.29, 0.717) is 24.9 Å². The molecule has 1 fully saturated rings. The standard InChI is InChI=1S/C24H31N3O5/c1-15(2)24(14-23(4,5)31)10-11-27(22(30)32-24)16(3)17-6-8-18(9-7-17)19-12-25-20(21(28)29)26-13-19/h6-9,12-13,15-16,31H,10-11,14H2,1-5H3,(H,28,29)/t16-,24-/m0/s1. The fourth-order valence-electron chi connectivity index (χ4n) is 4.23. The van der Waals surface area contributed by atoms with Crippen molar-refractivity contribution in [1.29, 1.82) is 0 Å². The summed E-state index contributed by atoms with van der Waals surface area (Å²) in [6.07, 6.45) is 3.62. The van der Waals surface area contributed by atoms with E-state index < -0.39 is 17.2 Å². The number of aromatic carboxylic acids is 1. The second-order valence-electron chi connectivity index (χ2n) is 9.42. The van der Waals surface area contributed by atoms with E-state index in [-0.39, 0.29) is 23.9 Å². The van der Waals surface area contributed by atoms with Crippen LogP contribution in [0.5, 0.6) is 0 Å². The maximum absolute atomic E-state index is 12.9. The zero-order valence-corrected chi connectivity index (χ0v) is 19.2. The third-order valence-electron chi connectivity index (χ3n) is 6.12. The van der Waals surface area contributed by atoms with Crippen molar-refractivity contribution >= 4 is 12.1 Å². The SMILES string of the molecule is CC(C)[C@@]1(CC(C)(C)O)CCN([C@@H](C)c2ccc(-c3cnc(C(=O)O)nc3)cc2)C(=O)O1. The first-order valence-electron chi connectivity index (χ1n) is 10.8. The minimum atomic E-state index is -1.17. The first-order valence-corrected chi connectivity index (χ1v) is 10.8. The lowest BCUT2D eigenvalue weighted by atomic mass is 9.77. The predicted molar refractivity (Wildman–Crippen MR) is 119 cm³/mol. The normalized spacial score (nSPS) is 20.2. The Balaban J connectivity index is 1.73. The number of aromatic nitrogens is 2. The second kappa shape index (κ2) is 8.86. The number of carbonyl (C=O) groups is 2. The van der Waals surface area contributed by atoms with Gasteiger partial charge in [-0.2, -0.15) is 0 Å². The van der Waals surface area contributed by atoms with Crippen molar-refractivity contribution in [3.8, 4) is 11.1 Å². The molecule has 1 aromatic carbocycles. The molecule has 1 amide bonds. The summed E-state index contributed by atoms with van der Waals surface area (Å²) >= 11 is 0. The molecule has 2 heterocycles. The Hall–Kier alpha value is -3.00. The predicted octanol–water partition coefficient (Wildman–Crippen LogP) is 4.30. The number of nitrogens with zero attached hydrogens (tertiary/aromatic N) is 3. The summed E-state index contributed by atoms with van der Waals surface area (Å²) in [5.74, 6) is -1.33. The first-order chi connectivity index (χ1) is 14.9. The number of hydrogen-bond acceptors (Lipinski definition) is 6. The van der Waals surface area contributed by atoms with E-state index in [4.69, 9.17) is 9.84 Å². The molecule has 32 heavy (non-hydrogen) atoms. The highest BCUT2D eigenvalue weighted by Crippen LogP contribution is 2.40. The van der Waals surface area contributed by atoms with Crippen LogP contribution >= 0.6 is 0 Å². The minimum absolute atomic E-state index is 0.0874. The van der Waals surface area contributed by atoms with Crippen LogP contribution in [0.3, 0.4) is 0 Å². The highest BCUT2D eigenvalue weighted by atomic mass is 16.6. The number of carboxylic acids is 1. The molecule has 0 bridgehead atoms. The Bertz CT molecular complexity index is 967. The minimum Gasteiger partial charge on any atom is -0.475 e. The van der Waals surface area contributed by atoms with Gasteiger partial charge in [0.05, 0.1) is 11.6 Å². The monoisotopic (exact) mass is 441 g/mol. The molecule has 0 aliphatic carbocycles. The van der Waals surface area contributed by atoms with Gasteiger partial charge >= 0.3 is 12.1 Å². The molecule has 172 valence electrons.